The second kappa shape index (κ2) is 7.52. The smallest absolute Gasteiger partial charge is 0.259 e. The molecule has 1 fully saturated rings. The minimum absolute atomic E-state index is 0.137. The van der Waals surface area contributed by atoms with E-state index in [0.29, 0.717) is 19.6 Å². The number of fused-ring (bicyclic) bond motifs is 2. The first-order valence-electron chi connectivity index (χ1n) is 10.3. The fourth-order valence-corrected chi connectivity index (χ4v) is 6.02. The van der Waals surface area contributed by atoms with Gasteiger partial charge in [0.1, 0.15) is 9.92 Å². The van der Waals surface area contributed by atoms with Gasteiger partial charge in [-0.05, 0) is 86.9 Å². The number of hydrogen-bond donors (Lipinski definition) is 1. The zero-order chi connectivity index (χ0) is 19.9. The molecule has 28 heavy (non-hydrogen) atoms. The number of hydrogen-bond acceptors (Lipinski definition) is 4. The Morgan fingerprint density at radius 3 is 2.29 bits per heavy atom. The Hall–Kier alpha value is -1.28. The lowest BCUT2D eigenvalue weighted by Gasteiger charge is -2.46. The van der Waals surface area contributed by atoms with E-state index in [4.69, 9.17) is 9.88 Å². The minimum atomic E-state index is -3.03. The molecule has 1 aliphatic heterocycles. The average molecular weight is 406 g/mol. The molecule has 1 unspecified atom stereocenters. The lowest BCUT2D eigenvalue weighted by atomic mass is 9.92. The molecule has 154 valence electrons. The van der Waals surface area contributed by atoms with Crippen LogP contribution in [0.2, 0.25) is 0 Å². The first kappa shape index (κ1) is 20.0. The van der Waals surface area contributed by atoms with Gasteiger partial charge in [-0.25, -0.2) is 9.35 Å². The number of nitrogens with two attached hydrogens (primary N) is 1. The van der Waals surface area contributed by atoms with Gasteiger partial charge in [0.15, 0.2) is 0 Å². The molecule has 0 spiro atoms. The quantitative estimate of drug-likeness (QED) is 0.782. The van der Waals surface area contributed by atoms with Crippen molar-refractivity contribution < 1.29 is 13.7 Å². The van der Waals surface area contributed by atoms with Crippen LogP contribution in [0.5, 0.6) is 0 Å². The number of amides is 1. The van der Waals surface area contributed by atoms with Crippen LogP contribution in [0.1, 0.15) is 47.1 Å². The van der Waals surface area contributed by atoms with Crippen LogP contribution < -0.4 is 5.14 Å². The largest absolute Gasteiger partial charge is 0.377 e. The minimum Gasteiger partial charge on any atom is -0.377 e. The molecule has 0 radical (unpaired) electrons. The summed E-state index contributed by atoms with van der Waals surface area (Å²) in [7, 11) is 0.943. The fourth-order valence-electron chi connectivity index (χ4n) is 4.85. The predicted molar refractivity (Wildman–Crippen MR) is 111 cm³/mol. The van der Waals surface area contributed by atoms with Gasteiger partial charge in [-0.15, -0.1) is 4.36 Å². The highest BCUT2D eigenvalue weighted by Crippen LogP contribution is 2.35. The van der Waals surface area contributed by atoms with Gasteiger partial charge in [-0.3, -0.25) is 9.69 Å². The van der Waals surface area contributed by atoms with E-state index in [0.717, 1.165) is 44.1 Å². The number of ether oxygens (including phenoxy) is 1. The van der Waals surface area contributed by atoms with E-state index >= 15 is 0 Å². The van der Waals surface area contributed by atoms with Crippen molar-refractivity contribution in [1.29, 1.82) is 0 Å². The van der Waals surface area contributed by atoms with E-state index in [1.807, 2.05) is 14.1 Å². The number of carbonyl (C=O) groups excluding carboxylic acids is 1. The second-order valence-electron chi connectivity index (χ2n) is 8.75. The van der Waals surface area contributed by atoms with Crippen LogP contribution in [0.4, 0.5) is 0 Å². The van der Waals surface area contributed by atoms with Crippen molar-refractivity contribution in [3.05, 3.63) is 33.9 Å². The Kier molecular flexibility index (Phi) is 5.37. The first-order chi connectivity index (χ1) is 13.3. The van der Waals surface area contributed by atoms with Crippen LogP contribution in [0.3, 0.4) is 0 Å². The van der Waals surface area contributed by atoms with Crippen molar-refractivity contribution >= 4 is 15.8 Å². The maximum absolute atomic E-state index is 12.8. The van der Waals surface area contributed by atoms with Crippen LogP contribution in [0.15, 0.2) is 10.4 Å². The summed E-state index contributed by atoms with van der Waals surface area (Å²) in [4.78, 5) is 14.8. The highest BCUT2D eigenvalue weighted by atomic mass is 32.2. The molecule has 3 aliphatic rings. The highest BCUT2D eigenvalue weighted by Gasteiger charge is 2.41. The molecule has 1 atom stereocenters. The van der Waals surface area contributed by atoms with E-state index in [1.165, 1.54) is 22.3 Å². The molecule has 1 saturated heterocycles. The zero-order valence-corrected chi connectivity index (χ0v) is 17.8. The standard InChI is InChI=1S/C21H31N3O3S/c1-24(2)21(13-27-14-21)9-10-28(22,26)23-20(25)12-19-17-7-3-5-15(17)11-16-6-4-8-18(16)19/h11H,3-10,12-14H2,1-2H3,(H2,22,23,25,26). The van der Waals surface area contributed by atoms with Crippen molar-refractivity contribution in [3.63, 3.8) is 0 Å². The van der Waals surface area contributed by atoms with E-state index < -0.39 is 9.92 Å². The monoisotopic (exact) mass is 405 g/mol. The van der Waals surface area contributed by atoms with E-state index in [9.17, 15) is 9.00 Å². The molecule has 1 aromatic carbocycles. The summed E-state index contributed by atoms with van der Waals surface area (Å²) < 4.78 is 22.1. The van der Waals surface area contributed by atoms with Gasteiger partial charge in [0.2, 0.25) is 0 Å². The number of benzene rings is 1. The van der Waals surface area contributed by atoms with E-state index in [2.05, 4.69) is 15.3 Å². The molecule has 6 nitrogen and oxygen atoms in total. The highest BCUT2D eigenvalue weighted by molar-refractivity contribution is 7.91. The van der Waals surface area contributed by atoms with Crippen molar-refractivity contribution in [3.8, 4) is 0 Å². The topological polar surface area (TPSA) is 85.0 Å². The predicted octanol–water partition coefficient (Wildman–Crippen LogP) is 1.80. The van der Waals surface area contributed by atoms with Gasteiger partial charge >= 0.3 is 0 Å². The lowest BCUT2D eigenvalue weighted by Crippen LogP contribution is -2.60. The molecule has 1 amide bonds. The molecule has 1 aromatic rings. The SMILES string of the molecule is CN(C)C1(CCS(N)(=O)=NC(=O)Cc2c3c(cc4c2CCC4)CCC3)COC1. The third-order valence-corrected chi connectivity index (χ3v) is 8.03. The number of rotatable bonds is 6. The molecule has 0 aromatic heterocycles. The number of nitrogens with zero attached hydrogens (tertiary/aromatic N) is 2. The summed E-state index contributed by atoms with van der Waals surface area (Å²) in [6, 6.07) is 2.35. The van der Waals surface area contributed by atoms with Crippen LogP contribution in [-0.2, 0) is 51.6 Å². The van der Waals surface area contributed by atoms with Crippen molar-refractivity contribution in [1.82, 2.24) is 4.90 Å². The van der Waals surface area contributed by atoms with Crippen LogP contribution in [-0.4, -0.2) is 53.6 Å². The third kappa shape index (κ3) is 3.77. The number of aryl methyl sites for hydroxylation is 2. The first-order valence-corrected chi connectivity index (χ1v) is 12.0. The summed E-state index contributed by atoms with van der Waals surface area (Å²) in [5.41, 5.74) is 6.49. The van der Waals surface area contributed by atoms with Gasteiger partial charge in [-0.1, -0.05) is 6.07 Å². The normalized spacial score (nSPS) is 21.7. The van der Waals surface area contributed by atoms with Gasteiger partial charge in [-0.2, -0.15) is 0 Å². The van der Waals surface area contributed by atoms with Crippen LogP contribution in [0.25, 0.3) is 0 Å². The molecule has 1 heterocycles. The summed E-state index contributed by atoms with van der Waals surface area (Å²) >= 11 is 0. The molecule has 0 bridgehead atoms. The number of carbonyl (C=O) groups is 1. The second-order valence-corrected chi connectivity index (χ2v) is 10.7. The Morgan fingerprint density at radius 1 is 1.18 bits per heavy atom. The fraction of sp³-hybridized carbons (Fsp3) is 0.667. The van der Waals surface area contributed by atoms with Gasteiger partial charge in [0.05, 0.1) is 25.2 Å². The maximum atomic E-state index is 12.8. The number of likely N-dealkylation sites (N-methyl/N-ethyl adjacent to an activating group) is 1. The molecular formula is C21H31N3O3S. The average Bonchev–Trinajstić information content (AvgIpc) is 3.21. The zero-order valence-electron chi connectivity index (χ0n) is 17.0. The van der Waals surface area contributed by atoms with Gasteiger partial charge in [0, 0.05) is 5.75 Å². The maximum Gasteiger partial charge on any atom is 0.259 e. The van der Waals surface area contributed by atoms with Gasteiger partial charge < -0.3 is 4.74 Å². The van der Waals surface area contributed by atoms with Crippen molar-refractivity contribution in [2.45, 2.75) is 56.9 Å². The summed E-state index contributed by atoms with van der Waals surface area (Å²) in [5.74, 6) is -0.128. The summed E-state index contributed by atoms with van der Waals surface area (Å²) in [5, 5.41) is 5.96. The molecular weight excluding hydrogens is 374 g/mol. The Labute approximate surface area is 168 Å². The lowest BCUT2D eigenvalue weighted by molar-refractivity contribution is -0.125. The summed E-state index contributed by atoms with van der Waals surface area (Å²) in [6.45, 7) is 1.21. The van der Waals surface area contributed by atoms with Crippen molar-refractivity contribution in [2.24, 2.45) is 9.50 Å². The van der Waals surface area contributed by atoms with Crippen molar-refractivity contribution in [2.75, 3.05) is 33.1 Å². The Morgan fingerprint density at radius 2 is 1.79 bits per heavy atom. The molecule has 2 aliphatic carbocycles. The molecule has 2 N–H and O–H groups in total. The van der Waals surface area contributed by atoms with Gasteiger partial charge in [0.25, 0.3) is 5.91 Å². The Bertz CT molecular complexity index is 880. The molecule has 4 rings (SSSR count). The van der Waals surface area contributed by atoms with E-state index in [-0.39, 0.29) is 23.6 Å². The molecule has 7 heteroatoms. The molecule has 0 saturated carbocycles. The summed E-state index contributed by atoms with van der Waals surface area (Å²) in [6.07, 6.45) is 7.43. The van der Waals surface area contributed by atoms with E-state index in [1.54, 1.807) is 0 Å². The van der Waals surface area contributed by atoms with Crippen LogP contribution >= 0.6 is 0 Å². The third-order valence-electron chi connectivity index (χ3n) is 6.73. The van der Waals surface area contributed by atoms with Crippen LogP contribution in [0, 0.1) is 0 Å². The Balaban J connectivity index is 1.51.